The molecule has 0 aliphatic carbocycles. The smallest absolute Gasteiger partial charge is 0.128 e. The lowest BCUT2D eigenvalue weighted by Crippen LogP contribution is -1.99. The molecule has 4 nitrogen and oxygen atoms in total. The average molecular weight is 259 g/mol. The Bertz CT molecular complexity index is 573. The molecule has 0 fully saturated rings. The van der Waals surface area contributed by atoms with Crippen molar-refractivity contribution in [3.8, 4) is 17.0 Å². The number of aryl methyl sites for hydroxylation is 1. The van der Waals surface area contributed by atoms with Gasteiger partial charge in [0.1, 0.15) is 11.4 Å². The van der Waals surface area contributed by atoms with E-state index in [0.29, 0.717) is 12.5 Å². The highest BCUT2D eigenvalue weighted by Crippen LogP contribution is 2.33. The predicted octanol–water partition coefficient (Wildman–Crippen LogP) is 2.68. The standard InChI is InChI=1S/C15H21N3O/c1-10(2)11-5-6-14(19-4)13(7-11)15-12(8-16)9-18(3)17-15/h5-7,9-10H,8,16H2,1-4H3. The second kappa shape index (κ2) is 5.45. The van der Waals surface area contributed by atoms with Gasteiger partial charge in [-0.05, 0) is 23.6 Å². The minimum absolute atomic E-state index is 0.467. The summed E-state index contributed by atoms with van der Waals surface area (Å²) < 4.78 is 7.24. The van der Waals surface area contributed by atoms with Crippen molar-refractivity contribution in [2.75, 3.05) is 7.11 Å². The number of rotatable bonds is 4. The molecule has 102 valence electrons. The summed E-state index contributed by atoms with van der Waals surface area (Å²) in [5.41, 5.74) is 10.0. The topological polar surface area (TPSA) is 53.1 Å². The minimum atomic E-state index is 0.467. The van der Waals surface area contributed by atoms with Gasteiger partial charge >= 0.3 is 0 Å². The average Bonchev–Trinajstić information content (AvgIpc) is 2.78. The van der Waals surface area contributed by atoms with Crippen molar-refractivity contribution in [2.45, 2.75) is 26.3 Å². The Morgan fingerprint density at radius 1 is 1.37 bits per heavy atom. The molecule has 1 heterocycles. The Labute approximate surface area is 114 Å². The van der Waals surface area contributed by atoms with E-state index in [1.165, 1.54) is 5.56 Å². The Morgan fingerprint density at radius 3 is 2.68 bits per heavy atom. The molecule has 0 bridgehead atoms. The fourth-order valence-corrected chi connectivity index (χ4v) is 2.18. The zero-order chi connectivity index (χ0) is 14.0. The molecule has 19 heavy (non-hydrogen) atoms. The first-order valence-electron chi connectivity index (χ1n) is 6.47. The lowest BCUT2D eigenvalue weighted by atomic mass is 9.97. The number of methoxy groups -OCH3 is 1. The van der Waals surface area contributed by atoms with Crippen LogP contribution in [-0.4, -0.2) is 16.9 Å². The van der Waals surface area contributed by atoms with Gasteiger partial charge < -0.3 is 10.5 Å². The molecule has 1 aromatic carbocycles. The van der Waals surface area contributed by atoms with Gasteiger partial charge in [0.15, 0.2) is 0 Å². The van der Waals surface area contributed by atoms with Crippen molar-refractivity contribution >= 4 is 0 Å². The van der Waals surface area contributed by atoms with Crippen LogP contribution in [0.15, 0.2) is 24.4 Å². The Hall–Kier alpha value is -1.81. The van der Waals surface area contributed by atoms with Crippen LogP contribution < -0.4 is 10.5 Å². The molecule has 4 heteroatoms. The normalized spacial score (nSPS) is 11.1. The van der Waals surface area contributed by atoms with Gasteiger partial charge in [0, 0.05) is 30.9 Å². The van der Waals surface area contributed by atoms with Crippen molar-refractivity contribution in [1.82, 2.24) is 9.78 Å². The maximum atomic E-state index is 5.80. The Morgan fingerprint density at radius 2 is 2.11 bits per heavy atom. The summed E-state index contributed by atoms with van der Waals surface area (Å²) in [6.45, 7) is 4.82. The molecule has 0 amide bonds. The van der Waals surface area contributed by atoms with Gasteiger partial charge in [-0.25, -0.2) is 0 Å². The first-order chi connectivity index (χ1) is 9.06. The third-order valence-electron chi connectivity index (χ3n) is 3.27. The van der Waals surface area contributed by atoms with Gasteiger partial charge in [0.2, 0.25) is 0 Å². The summed E-state index contributed by atoms with van der Waals surface area (Å²) in [6.07, 6.45) is 1.96. The molecule has 2 N–H and O–H groups in total. The molecule has 2 aromatic rings. The molecule has 0 saturated heterocycles. The second-order valence-corrected chi connectivity index (χ2v) is 5.00. The summed E-state index contributed by atoms with van der Waals surface area (Å²) in [7, 11) is 3.58. The molecule has 0 unspecified atom stereocenters. The van der Waals surface area contributed by atoms with E-state index in [9.17, 15) is 0 Å². The highest BCUT2D eigenvalue weighted by Gasteiger charge is 2.15. The lowest BCUT2D eigenvalue weighted by molar-refractivity contribution is 0.416. The first-order valence-corrected chi connectivity index (χ1v) is 6.47. The zero-order valence-electron chi connectivity index (χ0n) is 12.0. The van der Waals surface area contributed by atoms with Crippen LogP contribution in [0.4, 0.5) is 0 Å². The summed E-state index contributed by atoms with van der Waals surface area (Å²) in [5, 5.41) is 4.52. The number of hydrogen-bond acceptors (Lipinski definition) is 3. The SMILES string of the molecule is COc1ccc(C(C)C)cc1-c1nn(C)cc1CN. The molecule has 0 atom stereocenters. The van der Waals surface area contributed by atoms with Gasteiger partial charge in [-0.2, -0.15) is 5.10 Å². The van der Waals surface area contributed by atoms with E-state index >= 15 is 0 Å². The van der Waals surface area contributed by atoms with Crippen LogP contribution in [0.5, 0.6) is 5.75 Å². The molecule has 0 aliphatic rings. The van der Waals surface area contributed by atoms with Crippen molar-refractivity contribution in [3.05, 3.63) is 35.5 Å². The molecule has 0 spiro atoms. The van der Waals surface area contributed by atoms with Crippen molar-refractivity contribution in [2.24, 2.45) is 12.8 Å². The molecule has 2 rings (SSSR count). The van der Waals surface area contributed by atoms with Crippen LogP contribution in [-0.2, 0) is 13.6 Å². The largest absolute Gasteiger partial charge is 0.496 e. The van der Waals surface area contributed by atoms with Crippen molar-refractivity contribution in [1.29, 1.82) is 0 Å². The van der Waals surface area contributed by atoms with Crippen molar-refractivity contribution < 1.29 is 4.74 Å². The Kier molecular flexibility index (Phi) is 3.90. The fraction of sp³-hybridized carbons (Fsp3) is 0.400. The van der Waals surface area contributed by atoms with Crippen LogP contribution in [0.3, 0.4) is 0 Å². The third kappa shape index (κ3) is 2.63. The quantitative estimate of drug-likeness (QED) is 0.918. The molecular formula is C15H21N3O. The highest BCUT2D eigenvalue weighted by molar-refractivity contribution is 5.70. The van der Waals surface area contributed by atoms with Gasteiger partial charge in [0.25, 0.3) is 0 Å². The van der Waals surface area contributed by atoms with E-state index in [1.54, 1.807) is 11.8 Å². The van der Waals surface area contributed by atoms with Gasteiger partial charge in [-0.3, -0.25) is 4.68 Å². The summed E-state index contributed by atoms with van der Waals surface area (Å²) in [6, 6.07) is 6.24. The summed E-state index contributed by atoms with van der Waals surface area (Å²) in [4.78, 5) is 0. The number of benzene rings is 1. The molecular weight excluding hydrogens is 238 g/mol. The summed E-state index contributed by atoms with van der Waals surface area (Å²) >= 11 is 0. The first kappa shape index (κ1) is 13.6. The monoisotopic (exact) mass is 259 g/mol. The number of ether oxygens (including phenoxy) is 1. The summed E-state index contributed by atoms with van der Waals surface area (Å²) in [5.74, 6) is 1.30. The fourth-order valence-electron chi connectivity index (χ4n) is 2.18. The van der Waals surface area contributed by atoms with Gasteiger partial charge in [-0.1, -0.05) is 19.9 Å². The van der Waals surface area contributed by atoms with E-state index in [2.05, 4.69) is 31.1 Å². The van der Waals surface area contributed by atoms with E-state index in [4.69, 9.17) is 10.5 Å². The van der Waals surface area contributed by atoms with Crippen LogP contribution >= 0.6 is 0 Å². The van der Waals surface area contributed by atoms with Crippen LogP contribution in [0, 0.1) is 0 Å². The minimum Gasteiger partial charge on any atom is -0.496 e. The van der Waals surface area contributed by atoms with E-state index in [0.717, 1.165) is 22.6 Å². The van der Waals surface area contributed by atoms with Crippen molar-refractivity contribution in [3.63, 3.8) is 0 Å². The van der Waals surface area contributed by atoms with Crippen LogP contribution in [0.1, 0.15) is 30.9 Å². The van der Waals surface area contributed by atoms with Gasteiger partial charge in [0.05, 0.1) is 7.11 Å². The third-order valence-corrected chi connectivity index (χ3v) is 3.27. The maximum absolute atomic E-state index is 5.80. The Balaban J connectivity index is 2.61. The van der Waals surface area contributed by atoms with Crippen LogP contribution in [0.2, 0.25) is 0 Å². The molecule has 0 saturated carbocycles. The van der Waals surface area contributed by atoms with Crippen LogP contribution in [0.25, 0.3) is 11.3 Å². The lowest BCUT2D eigenvalue weighted by Gasteiger charge is -2.12. The highest BCUT2D eigenvalue weighted by atomic mass is 16.5. The number of nitrogens with two attached hydrogens (primary N) is 1. The second-order valence-electron chi connectivity index (χ2n) is 5.00. The molecule has 1 aromatic heterocycles. The molecule has 0 radical (unpaired) electrons. The predicted molar refractivity (Wildman–Crippen MR) is 77.2 cm³/mol. The van der Waals surface area contributed by atoms with E-state index in [-0.39, 0.29) is 0 Å². The van der Waals surface area contributed by atoms with Gasteiger partial charge in [-0.15, -0.1) is 0 Å². The van der Waals surface area contributed by atoms with E-state index in [1.807, 2.05) is 19.3 Å². The zero-order valence-corrected chi connectivity index (χ0v) is 12.0. The number of aromatic nitrogens is 2. The number of nitrogens with zero attached hydrogens (tertiary/aromatic N) is 2. The maximum Gasteiger partial charge on any atom is 0.128 e. The van der Waals surface area contributed by atoms with E-state index < -0.39 is 0 Å². The number of hydrogen-bond donors (Lipinski definition) is 1. The molecule has 0 aliphatic heterocycles.